The number of hydrogen-bond acceptors (Lipinski definition) is 1. The third-order valence-corrected chi connectivity index (χ3v) is 1.93. The molecule has 0 aromatic rings. The van der Waals surface area contributed by atoms with Crippen molar-refractivity contribution < 1.29 is 4.79 Å². The number of alkyl halides is 1. The van der Waals surface area contributed by atoms with Crippen molar-refractivity contribution in [2.24, 2.45) is 5.92 Å². The second-order valence-electron chi connectivity index (χ2n) is 2.84. The molecule has 0 saturated carbocycles. The molecule has 1 fully saturated rings. The Morgan fingerprint density at radius 1 is 1.80 bits per heavy atom. The van der Waals surface area contributed by atoms with Crippen LogP contribution in [-0.2, 0) is 4.79 Å². The average Bonchev–Trinajstić information content (AvgIpc) is 2.13. The lowest BCUT2D eigenvalue weighted by atomic mass is 10.2. The zero-order valence-electron chi connectivity index (χ0n) is 6.14. The van der Waals surface area contributed by atoms with Gasteiger partial charge >= 0.3 is 0 Å². The summed E-state index contributed by atoms with van der Waals surface area (Å²) in [6, 6.07) is 0. The lowest BCUT2D eigenvalue weighted by Crippen LogP contribution is -2.26. The predicted molar refractivity (Wildman–Crippen MR) is 41.1 cm³/mol. The van der Waals surface area contributed by atoms with Crippen molar-refractivity contribution >= 4 is 17.5 Å². The second kappa shape index (κ2) is 3.24. The van der Waals surface area contributed by atoms with Gasteiger partial charge in [0.15, 0.2) is 0 Å². The molecule has 0 spiro atoms. The maximum atomic E-state index is 11.0. The van der Waals surface area contributed by atoms with Gasteiger partial charge in [0.05, 0.1) is 0 Å². The fourth-order valence-electron chi connectivity index (χ4n) is 1.29. The standard InChI is InChI=1S/C7H12ClNO/c1-6-4-7(10)9(5-6)3-2-8/h6H,2-5H2,1H3. The highest BCUT2D eigenvalue weighted by Gasteiger charge is 2.25. The van der Waals surface area contributed by atoms with Gasteiger partial charge in [0.1, 0.15) is 0 Å². The summed E-state index contributed by atoms with van der Waals surface area (Å²) in [4.78, 5) is 12.9. The minimum atomic E-state index is 0.258. The number of carbonyl (C=O) groups is 1. The van der Waals surface area contributed by atoms with Crippen LogP contribution in [0.1, 0.15) is 13.3 Å². The smallest absolute Gasteiger partial charge is 0.222 e. The minimum absolute atomic E-state index is 0.258. The normalized spacial score (nSPS) is 26.0. The van der Waals surface area contributed by atoms with Crippen LogP contribution in [0.5, 0.6) is 0 Å². The van der Waals surface area contributed by atoms with Crippen molar-refractivity contribution in [1.29, 1.82) is 0 Å². The first-order valence-electron chi connectivity index (χ1n) is 3.57. The number of hydrogen-bond donors (Lipinski definition) is 0. The van der Waals surface area contributed by atoms with Crippen LogP contribution in [0, 0.1) is 5.92 Å². The molecule has 0 bridgehead atoms. The molecule has 2 nitrogen and oxygen atoms in total. The highest BCUT2D eigenvalue weighted by molar-refractivity contribution is 6.18. The molecule has 1 atom stereocenters. The van der Waals surface area contributed by atoms with Gasteiger partial charge in [0, 0.05) is 25.4 Å². The molecule has 58 valence electrons. The summed E-state index contributed by atoms with van der Waals surface area (Å²) in [6.45, 7) is 3.70. The first kappa shape index (κ1) is 7.86. The van der Waals surface area contributed by atoms with Gasteiger partial charge in [-0.3, -0.25) is 4.79 Å². The maximum absolute atomic E-state index is 11.0. The van der Waals surface area contributed by atoms with E-state index in [0.29, 0.717) is 24.8 Å². The Morgan fingerprint density at radius 3 is 2.90 bits per heavy atom. The van der Waals surface area contributed by atoms with Gasteiger partial charge in [-0.1, -0.05) is 6.92 Å². The third kappa shape index (κ3) is 1.63. The van der Waals surface area contributed by atoms with E-state index in [0.717, 1.165) is 6.54 Å². The van der Waals surface area contributed by atoms with Gasteiger partial charge in [0.25, 0.3) is 0 Å². The minimum Gasteiger partial charge on any atom is -0.341 e. The van der Waals surface area contributed by atoms with Crippen molar-refractivity contribution in [2.45, 2.75) is 13.3 Å². The Kier molecular flexibility index (Phi) is 2.55. The van der Waals surface area contributed by atoms with Crippen LogP contribution in [0.2, 0.25) is 0 Å². The van der Waals surface area contributed by atoms with Crippen LogP contribution >= 0.6 is 11.6 Å². The van der Waals surface area contributed by atoms with Crippen molar-refractivity contribution in [2.75, 3.05) is 19.0 Å². The Morgan fingerprint density at radius 2 is 2.50 bits per heavy atom. The highest BCUT2D eigenvalue weighted by Crippen LogP contribution is 2.15. The van der Waals surface area contributed by atoms with E-state index in [1.54, 1.807) is 0 Å². The van der Waals surface area contributed by atoms with E-state index >= 15 is 0 Å². The Bertz CT molecular complexity index is 138. The van der Waals surface area contributed by atoms with E-state index in [2.05, 4.69) is 6.92 Å². The topological polar surface area (TPSA) is 20.3 Å². The summed E-state index contributed by atoms with van der Waals surface area (Å²) in [6.07, 6.45) is 0.705. The van der Waals surface area contributed by atoms with Crippen LogP contribution in [0.15, 0.2) is 0 Å². The Hall–Kier alpha value is -0.240. The maximum Gasteiger partial charge on any atom is 0.222 e. The molecular weight excluding hydrogens is 150 g/mol. The molecule has 0 N–H and O–H groups in total. The molecule has 1 heterocycles. The van der Waals surface area contributed by atoms with Gasteiger partial charge in [-0.2, -0.15) is 0 Å². The fraction of sp³-hybridized carbons (Fsp3) is 0.857. The molecule has 0 aliphatic carbocycles. The first-order chi connectivity index (χ1) is 4.74. The van der Waals surface area contributed by atoms with Gasteiger partial charge < -0.3 is 4.90 Å². The summed E-state index contributed by atoms with van der Waals surface area (Å²) in [5.74, 6) is 1.34. The summed E-state index contributed by atoms with van der Waals surface area (Å²) >= 11 is 5.50. The fourth-order valence-corrected chi connectivity index (χ4v) is 1.49. The lowest BCUT2D eigenvalue weighted by Gasteiger charge is -2.12. The number of carbonyl (C=O) groups excluding carboxylic acids is 1. The summed E-state index contributed by atoms with van der Waals surface area (Å²) in [5.41, 5.74) is 0. The average molecular weight is 162 g/mol. The van der Waals surface area contributed by atoms with Crippen molar-refractivity contribution in [1.82, 2.24) is 4.90 Å². The third-order valence-electron chi connectivity index (χ3n) is 1.76. The molecule has 1 aliphatic rings. The molecule has 1 aliphatic heterocycles. The summed E-state index contributed by atoms with van der Waals surface area (Å²) in [7, 11) is 0. The van der Waals surface area contributed by atoms with Gasteiger partial charge in [-0.15, -0.1) is 11.6 Å². The van der Waals surface area contributed by atoms with Crippen molar-refractivity contribution in [3.05, 3.63) is 0 Å². The van der Waals surface area contributed by atoms with Crippen LogP contribution < -0.4 is 0 Å². The van der Waals surface area contributed by atoms with Crippen LogP contribution in [-0.4, -0.2) is 29.8 Å². The number of rotatable bonds is 2. The Balaban J connectivity index is 2.39. The molecule has 1 rings (SSSR count). The summed E-state index contributed by atoms with van der Waals surface area (Å²) in [5, 5.41) is 0. The second-order valence-corrected chi connectivity index (χ2v) is 3.22. The molecule has 1 amide bonds. The van der Waals surface area contributed by atoms with E-state index in [-0.39, 0.29) is 5.91 Å². The quantitative estimate of drug-likeness (QED) is 0.556. The molecule has 1 saturated heterocycles. The zero-order chi connectivity index (χ0) is 7.56. The molecule has 0 aromatic heterocycles. The monoisotopic (exact) mass is 161 g/mol. The molecule has 3 heteroatoms. The molecule has 0 aromatic carbocycles. The van der Waals surface area contributed by atoms with Gasteiger partial charge in [-0.05, 0) is 5.92 Å². The number of halogens is 1. The van der Waals surface area contributed by atoms with E-state index in [1.807, 2.05) is 4.90 Å². The Labute approximate surface area is 66.1 Å². The highest BCUT2D eigenvalue weighted by atomic mass is 35.5. The van der Waals surface area contributed by atoms with Crippen molar-refractivity contribution in [3.8, 4) is 0 Å². The number of amides is 1. The van der Waals surface area contributed by atoms with Crippen molar-refractivity contribution in [3.63, 3.8) is 0 Å². The number of nitrogens with zero attached hydrogens (tertiary/aromatic N) is 1. The molecule has 0 radical (unpaired) electrons. The first-order valence-corrected chi connectivity index (χ1v) is 4.11. The molecule has 10 heavy (non-hydrogen) atoms. The van der Waals surface area contributed by atoms with E-state index in [4.69, 9.17) is 11.6 Å². The van der Waals surface area contributed by atoms with E-state index in [1.165, 1.54) is 0 Å². The van der Waals surface area contributed by atoms with Gasteiger partial charge in [-0.25, -0.2) is 0 Å². The number of likely N-dealkylation sites (tertiary alicyclic amines) is 1. The van der Waals surface area contributed by atoms with Crippen LogP contribution in [0.3, 0.4) is 0 Å². The largest absolute Gasteiger partial charge is 0.341 e. The van der Waals surface area contributed by atoms with Gasteiger partial charge in [0.2, 0.25) is 5.91 Å². The predicted octanol–water partition coefficient (Wildman–Crippen LogP) is 1.09. The lowest BCUT2D eigenvalue weighted by molar-refractivity contribution is -0.127. The molecule has 1 unspecified atom stereocenters. The van der Waals surface area contributed by atoms with Crippen LogP contribution in [0.4, 0.5) is 0 Å². The summed E-state index contributed by atoms with van der Waals surface area (Å²) < 4.78 is 0. The van der Waals surface area contributed by atoms with Crippen LogP contribution in [0.25, 0.3) is 0 Å². The van der Waals surface area contributed by atoms with E-state index in [9.17, 15) is 4.79 Å². The molecular formula is C7H12ClNO. The van der Waals surface area contributed by atoms with E-state index < -0.39 is 0 Å². The SMILES string of the molecule is CC1CC(=O)N(CCCl)C1. The zero-order valence-corrected chi connectivity index (χ0v) is 6.90.